The number of likely N-dealkylation sites (tertiary alicyclic amines) is 1. The highest BCUT2D eigenvalue weighted by atomic mass is 16.7. The molecule has 5 rings (SSSR count). The minimum Gasteiger partial charge on any atom is -0.389 e. The van der Waals surface area contributed by atoms with E-state index in [1.54, 1.807) is 19.1 Å². The number of benzene rings is 1. The van der Waals surface area contributed by atoms with Crippen LogP contribution in [0.4, 0.5) is 0 Å². The molecule has 4 heterocycles. The van der Waals surface area contributed by atoms with E-state index in [1.807, 2.05) is 12.1 Å². The number of ether oxygens (including phenoxy) is 1. The van der Waals surface area contributed by atoms with Gasteiger partial charge in [0.2, 0.25) is 11.8 Å². The Morgan fingerprint density at radius 3 is 2.40 bits per heavy atom. The van der Waals surface area contributed by atoms with Gasteiger partial charge in [-0.3, -0.25) is 14.5 Å². The molecule has 6 atom stereocenters. The second kappa shape index (κ2) is 4.90. The Balaban J connectivity index is 1.49. The maximum absolute atomic E-state index is 12.6. The highest BCUT2D eigenvalue weighted by molar-refractivity contribution is 6.09. The van der Waals surface area contributed by atoms with Crippen molar-refractivity contribution in [3.63, 3.8) is 0 Å². The molecule has 4 aliphatic heterocycles. The first kappa shape index (κ1) is 14.6. The van der Waals surface area contributed by atoms with Crippen LogP contribution in [0.2, 0.25) is 0 Å². The van der Waals surface area contributed by atoms with Crippen molar-refractivity contribution in [1.82, 2.24) is 4.90 Å². The molecule has 1 aromatic rings. The average molecular weight is 337 g/mol. The van der Waals surface area contributed by atoms with Gasteiger partial charge >= 0.3 is 0 Å². The number of amides is 2. The van der Waals surface area contributed by atoms with Crippen molar-refractivity contribution in [2.45, 2.75) is 25.2 Å². The second-order valence-corrected chi connectivity index (χ2v) is 6.80. The zero-order valence-corrected chi connectivity index (χ0v) is 13.5. The van der Waals surface area contributed by atoms with Crippen LogP contribution in [-0.2, 0) is 19.2 Å². The molecule has 0 N–H and O–H groups in total. The van der Waals surface area contributed by atoms with Crippen molar-refractivity contribution in [3.8, 4) is 6.07 Å². The number of hydrogen-bond donors (Lipinski definition) is 0. The van der Waals surface area contributed by atoms with E-state index in [0.29, 0.717) is 12.1 Å². The third kappa shape index (κ3) is 1.70. The predicted molar refractivity (Wildman–Crippen MR) is 84.1 cm³/mol. The highest BCUT2D eigenvalue weighted by Crippen LogP contribution is 2.54. The van der Waals surface area contributed by atoms with Gasteiger partial charge in [-0.15, -0.1) is 0 Å². The van der Waals surface area contributed by atoms with E-state index < -0.39 is 17.9 Å². The van der Waals surface area contributed by atoms with Crippen LogP contribution in [0.15, 0.2) is 29.4 Å². The SMILES string of the molecule is CCN1C(=O)[C@@H]2[C@H]3O[C@@H]([C@@H]4C(c5ccc(C#N)cc5)=NO[C@@H]34)[C@@H]2C1=O. The standard InChI is InChI=1S/C18H15N3O4/c1-2-21-17(22)10-11(18(21)23)15-16-12(14(10)24-15)13(20-25-16)9-5-3-8(7-19)4-6-9/h3-6,10-12,14-16H,2H2,1H3/t10-,11+,12+,14-,15-,16-/m1/s1. The van der Waals surface area contributed by atoms with Crippen LogP contribution in [0.5, 0.6) is 0 Å². The molecular weight excluding hydrogens is 322 g/mol. The van der Waals surface area contributed by atoms with E-state index in [4.69, 9.17) is 14.8 Å². The Kier molecular flexibility index (Phi) is 2.86. The van der Waals surface area contributed by atoms with Crippen LogP contribution >= 0.6 is 0 Å². The van der Waals surface area contributed by atoms with Crippen LogP contribution in [0.1, 0.15) is 18.1 Å². The van der Waals surface area contributed by atoms with E-state index in [9.17, 15) is 9.59 Å². The summed E-state index contributed by atoms with van der Waals surface area (Å²) in [6.45, 7) is 2.19. The van der Waals surface area contributed by atoms with Gasteiger partial charge in [0.25, 0.3) is 0 Å². The van der Waals surface area contributed by atoms with E-state index in [1.165, 1.54) is 4.90 Å². The first-order chi connectivity index (χ1) is 12.2. The zero-order chi connectivity index (χ0) is 17.3. The van der Waals surface area contributed by atoms with Crippen molar-refractivity contribution in [3.05, 3.63) is 35.4 Å². The van der Waals surface area contributed by atoms with Gasteiger partial charge in [0.15, 0.2) is 6.10 Å². The van der Waals surface area contributed by atoms with Crippen molar-refractivity contribution in [2.75, 3.05) is 6.54 Å². The molecule has 2 amide bonds. The maximum atomic E-state index is 12.6. The third-order valence-electron chi connectivity index (χ3n) is 5.76. The molecule has 0 saturated carbocycles. The van der Waals surface area contributed by atoms with Crippen LogP contribution in [-0.4, -0.2) is 47.3 Å². The number of rotatable bonds is 2. The largest absolute Gasteiger partial charge is 0.389 e. The van der Waals surface area contributed by atoms with Gasteiger partial charge in [-0.1, -0.05) is 17.3 Å². The fourth-order valence-electron chi connectivity index (χ4n) is 4.68. The number of imide groups is 1. The molecule has 0 aromatic heterocycles. The lowest BCUT2D eigenvalue weighted by Gasteiger charge is -2.26. The van der Waals surface area contributed by atoms with E-state index in [2.05, 4.69) is 11.2 Å². The fraction of sp³-hybridized carbons (Fsp3) is 0.444. The minimum absolute atomic E-state index is 0.144. The quantitative estimate of drug-likeness (QED) is 0.740. The summed E-state index contributed by atoms with van der Waals surface area (Å²) in [6.07, 6.45) is -1.14. The Labute approximate surface area is 143 Å². The van der Waals surface area contributed by atoms with Crippen molar-refractivity contribution >= 4 is 17.5 Å². The second-order valence-electron chi connectivity index (χ2n) is 6.80. The first-order valence-electron chi connectivity index (χ1n) is 8.40. The number of fused-ring (bicyclic) bond motifs is 8. The lowest BCUT2D eigenvalue weighted by Crippen LogP contribution is -2.45. The topological polar surface area (TPSA) is 92.0 Å². The number of carbonyl (C=O) groups is 2. The summed E-state index contributed by atoms with van der Waals surface area (Å²) in [5.74, 6) is -1.35. The molecule has 0 spiro atoms. The normalized spacial score (nSPS) is 37.6. The summed E-state index contributed by atoms with van der Waals surface area (Å²) in [5, 5.41) is 13.2. The van der Waals surface area contributed by atoms with Gasteiger partial charge in [-0.2, -0.15) is 5.26 Å². The molecule has 2 bridgehead atoms. The average Bonchev–Trinajstić information content (AvgIpc) is 3.35. The smallest absolute Gasteiger partial charge is 0.235 e. The first-order valence-corrected chi connectivity index (χ1v) is 8.40. The lowest BCUT2D eigenvalue weighted by atomic mass is 9.71. The summed E-state index contributed by atoms with van der Waals surface area (Å²) < 4.78 is 6.01. The third-order valence-corrected chi connectivity index (χ3v) is 5.76. The van der Waals surface area contributed by atoms with Crippen LogP contribution in [0.3, 0.4) is 0 Å². The molecule has 25 heavy (non-hydrogen) atoms. The molecule has 7 nitrogen and oxygen atoms in total. The molecule has 4 aliphatic rings. The molecule has 0 radical (unpaired) electrons. The Bertz CT molecular complexity index is 856. The monoisotopic (exact) mass is 337 g/mol. The van der Waals surface area contributed by atoms with Crippen molar-refractivity contribution in [1.29, 1.82) is 5.26 Å². The maximum Gasteiger partial charge on any atom is 0.235 e. The summed E-state index contributed by atoms with van der Waals surface area (Å²) in [7, 11) is 0. The molecule has 1 aromatic carbocycles. The van der Waals surface area contributed by atoms with Gasteiger partial charge < -0.3 is 9.57 Å². The van der Waals surface area contributed by atoms with Gasteiger partial charge in [-0.25, -0.2) is 0 Å². The van der Waals surface area contributed by atoms with E-state index in [0.717, 1.165) is 11.3 Å². The number of nitrogens with zero attached hydrogens (tertiary/aromatic N) is 3. The molecule has 126 valence electrons. The summed E-state index contributed by atoms with van der Waals surface area (Å²) in [6, 6.07) is 9.19. The number of carbonyl (C=O) groups excluding carboxylic acids is 2. The number of oxime groups is 1. The zero-order valence-electron chi connectivity index (χ0n) is 13.5. The molecule has 3 fully saturated rings. The van der Waals surface area contributed by atoms with Crippen molar-refractivity contribution < 1.29 is 19.2 Å². The van der Waals surface area contributed by atoms with Crippen molar-refractivity contribution in [2.24, 2.45) is 22.9 Å². The Morgan fingerprint density at radius 1 is 1.08 bits per heavy atom. The Morgan fingerprint density at radius 2 is 1.76 bits per heavy atom. The lowest BCUT2D eigenvalue weighted by molar-refractivity contribution is -0.142. The molecule has 3 saturated heterocycles. The molecule has 0 aliphatic carbocycles. The fourth-order valence-corrected chi connectivity index (χ4v) is 4.68. The van der Waals surface area contributed by atoms with Crippen LogP contribution < -0.4 is 0 Å². The molecule has 0 unspecified atom stereocenters. The van der Waals surface area contributed by atoms with Gasteiger partial charge in [0.1, 0.15) is 6.10 Å². The minimum atomic E-state index is -0.450. The van der Waals surface area contributed by atoms with E-state index in [-0.39, 0.29) is 29.9 Å². The van der Waals surface area contributed by atoms with Gasteiger partial charge in [0, 0.05) is 6.54 Å². The summed E-state index contributed by atoms with van der Waals surface area (Å²) >= 11 is 0. The molecule has 7 heteroatoms. The highest BCUT2D eigenvalue weighted by Gasteiger charge is 2.71. The summed E-state index contributed by atoms with van der Waals surface area (Å²) in [5.41, 5.74) is 2.15. The van der Waals surface area contributed by atoms with E-state index >= 15 is 0 Å². The number of hydrogen-bond acceptors (Lipinski definition) is 6. The van der Waals surface area contributed by atoms with Crippen LogP contribution in [0, 0.1) is 29.1 Å². The molecular formula is C18H15N3O4. The van der Waals surface area contributed by atoms with Gasteiger partial charge in [0.05, 0.1) is 41.2 Å². The Hall–Kier alpha value is -2.72. The summed E-state index contributed by atoms with van der Waals surface area (Å²) in [4.78, 5) is 32.1. The predicted octanol–water partition coefficient (Wildman–Crippen LogP) is 0.679. The van der Waals surface area contributed by atoms with Crippen LogP contribution in [0.25, 0.3) is 0 Å². The number of nitriles is 1. The van der Waals surface area contributed by atoms with Gasteiger partial charge in [-0.05, 0) is 24.6 Å².